The van der Waals surface area contributed by atoms with Crippen molar-refractivity contribution in [3.8, 4) is 0 Å². The van der Waals surface area contributed by atoms with Crippen LogP contribution in [-0.2, 0) is 0 Å². The molecule has 1 heterocycles. The first kappa shape index (κ1) is 9.50. The molecule has 1 heteroatoms. The largest absolute Gasteiger partial charge is 0.289 e. The minimum Gasteiger partial charge on any atom is -0.289 e. The molecule has 1 atom stereocenters. The van der Waals surface area contributed by atoms with Crippen molar-refractivity contribution in [3.05, 3.63) is 11.6 Å². The summed E-state index contributed by atoms with van der Waals surface area (Å²) in [5.41, 5.74) is 1.40. The van der Waals surface area contributed by atoms with Crippen molar-refractivity contribution in [3.63, 3.8) is 0 Å². The Morgan fingerprint density at radius 2 is 2.33 bits per heavy atom. The number of aliphatic imine (C=N–C) groups is 1. The molecule has 0 amide bonds. The predicted molar refractivity (Wildman–Crippen MR) is 54.7 cm³/mol. The van der Waals surface area contributed by atoms with Gasteiger partial charge in [-0.25, -0.2) is 0 Å². The Bertz CT molecular complexity index is 189. The van der Waals surface area contributed by atoms with Crippen LogP contribution in [0.1, 0.15) is 40.0 Å². The molecular weight excluding hydrogens is 146 g/mol. The Hall–Kier alpha value is -0.590. The van der Waals surface area contributed by atoms with E-state index in [-0.39, 0.29) is 0 Å². The van der Waals surface area contributed by atoms with E-state index in [1.165, 1.54) is 18.4 Å². The lowest BCUT2D eigenvalue weighted by Gasteiger charge is -2.13. The van der Waals surface area contributed by atoms with Crippen LogP contribution in [0.15, 0.2) is 16.6 Å². The van der Waals surface area contributed by atoms with Crippen molar-refractivity contribution < 1.29 is 0 Å². The zero-order valence-electron chi connectivity index (χ0n) is 8.38. The van der Waals surface area contributed by atoms with E-state index >= 15 is 0 Å². The summed E-state index contributed by atoms with van der Waals surface area (Å²) in [6.45, 7) is 6.69. The van der Waals surface area contributed by atoms with Gasteiger partial charge in [0.2, 0.25) is 0 Å². The first-order chi connectivity index (χ1) is 5.74. The van der Waals surface area contributed by atoms with E-state index in [2.05, 4.69) is 38.1 Å². The van der Waals surface area contributed by atoms with Crippen molar-refractivity contribution in [1.29, 1.82) is 0 Å². The van der Waals surface area contributed by atoms with Crippen molar-refractivity contribution in [2.75, 3.05) is 0 Å². The highest BCUT2D eigenvalue weighted by molar-refractivity contribution is 5.78. The number of rotatable bonds is 2. The fourth-order valence-corrected chi connectivity index (χ4v) is 1.50. The van der Waals surface area contributed by atoms with Gasteiger partial charge in [-0.2, -0.15) is 0 Å². The van der Waals surface area contributed by atoms with Gasteiger partial charge in [0.25, 0.3) is 0 Å². The SMILES string of the molecule is CCC1=CCCC(C(C)C)N=C1. The van der Waals surface area contributed by atoms with Crippen LogP contribution in [0, 0.1) is 5.92 Å². The first-order valence-electron chi connectivity index (χ1n) is 4.96. The Morgan fingerprint density at radius 1 is 1.58 bits per heavy atom. The summed E-state index contributed by atoms with van der Waals surface area (Å²) < 4.78 is 0. The van der Waals surface area contributed by atoms with Crippen molar-refractivity contribution >= 4 is 6.21 Å². The Labute approximate surface area is 75.6 Å². The molecule has 0 saturated heterocycles. The fourth-order valence-electron chi connectivity index (χ4n) is 1.50. The van der Waals surface area contributed by atoms with Crippen molar-refractivity contribution in [2.45, 2.75) is 46.1 Å². The van der Waals surface area contributed by atoms with E-state index in [0.717, 1.165) is 6.42 Å². The van der Waals surface area contributed by atoms with E-state index in [1.807, 2.05) is 0 Å². The molecule has 0 aromatic carbocycles. The molecule has 1 rings (SSSR count). The Morgan fingerprint density at radius 3 is 2.92 bits per heavy atom. The van der Waals surface area contributed by atoms with Crippen LogP contribution < -0.4 is 0 Å². The third-order valence-corrected chi connectivity index (χ3v) is 2.48. The molecule has 0 saturated carbocycles. The molecule has 0 bridgehead atoms. The topological polar surface area (TPSA) is 12.4 Å². The van der Waals surface area contributed by atoms with Gasteiger partial charge < -0.3 is 0 Å². The normalized spacial score (nSPS) is 24.0. The lowest BCUT2D eigenvalue weighted by molar-refractivity contribution is 0.473. The molecule has 0 aromatic heterocycles. The van der Waals surface area contributed by atoms with E-state index in [4.69, 9.17) is 0 Å². The number of allylic oxidation sites excluding steroid dienone is 2. The quantitative estimate of drug-likeness (QED) is 0.595. The molecule has 0 fully saturated rings. The van der Waals surface area contributed by atoms with Gasteiger partial charge in [-0.1, -0.05) is 26.8 Å². The summed E-state index contributed by atoms with van der Waals surface area (Å²) >= 11 is 0. The second kappa shape index (κ2) is 4.44. The summed E-state index contributed by atoms with van der Waals surface area (Å²) in [4.78, 5) is 4.58. The average Bonchev–Trinajstić information content (AvgIpc) is 2.28. The monoisotopic (exact) mass is 165 g/mol. The molecular formula is C11H19N. The smallest absolute Gasteiger partial charge is 0.0525 e. The molecule has 1 nitrogen and oxygen atoms in total. The van der Waals surface area contributed by atoms with Crippen LogP contribution in [0.25, 0.3) is 0 Å². The standard InChI is InChI=1S/C11H19N/c1-4-10-6-5-7-11(9(2)3)12-8-10/h6,8-9,11H,4-5,7H2,1-3H3. The van der Waals surface area contributed by atoms with Crippen LogP contribution in [0.4, 0.5) is 0 Å². The number of nitrogens with zero attached hydrogens (tertiary/aromatic N) is 1. The second-order valence-electron chi connectivity index (χ2n) is 3.80. The van der Waals surface area contributed by atoms with Crippen LogP contribution in [-0.4, -0.2) is 12.3 Å². The van der Waals surface area contributed by atoms with Gasteiger partial charge in [0.1, 0.15) is 0 Å². The third kappa shape index (κ3) is 2.47. The highest BCUT2D eigenvalue weighted by atomic mass is 14.8. The molecule has 1 aliphatic heterocycles. The Balaban J connectivity index is 2.58. The predicted octanol–water partition coefficient (Wildman–Crippen LogP) is 3.21. The van der Waals surface area contributed by atoms with Crippen LogP contribution in [0.5, 0.6) is 0 Å². The molecule has 0 radical (unpaired) electrons. The maximum Gasteiger partial charge on any atom is 0.0525 e. The van der Waals surface area contributed by atoms with Gasteiger partial charge in [0.05, 0.1) is 6.04 Å². The highest BCUT2D eigenvalue weighted by Gasteiger charge is 2.11. The molecule has 1 aliphatic rings. The average molecular weight is 165 g/mol. The first-order valence-corrected chi connectivity index (χ1v) is 4.96. The minimum atomic E-state index is 0.547. The number of hydrogen-bond donors (Lipinski definition) is 0. The Kier molecular flexibility index (Phi) is 3.51. The lowest BCUT2D eigenvalue weighted by Crippen LogP contribution is -2.11. The zero-order valence-corrected chi connectivity index (χ0v) is 8.38. The minimum absolute atomic E-state index is 0.547. The van der Waals surface area contributed by atoms with Crippen molar-refractivity contribution in [1.82, 2.24) is 0 Å². The van der Waals surface area contributed by atoms with Crippen LogP contribution in [0.2, 0.25) is 0 Å². The summed E-state index contributed by atoms with van der Waals surface area (Å²) in [5.74, 6) is 0.686. The number of hydrogen-bond acceptors (Lipinski definition) is 1. The zero-order chi connectivity index (χ0) is 8.97. The molecule has 0 N–H and O–H groups in total. The van der Waals surface area contributed by atoms with E-state index in [1.54, 1.807) is 0 Å². The highest BCUT2D eigenvalue weighted by Crippen LogP contribution is 2.17. The van der Waals surface area contributed by atoms with Crippen LogP contribution >= 0.6 is 0 Å². The van der Waals surface area contributed by atoms with Gasteiger partial charge in [-0.15, -0.1) is 0 Å². The maximum atomic E-state index is 4.58. The van der Waals surface area contributed by atoms with Gasteiger partial charge in [0, 0.05) is 6.21 Å². The molecule has 0 aromatic rings. The maximum absolute atomic E-state index is 4.58. The molecule has 0 spiro atoms. The third-order valence-electron chi connectivity index (χ3n) is 2.48. The lowest BCUT2D eigenvalue weighted by atomic mass is 10.0. The van der Waals surface area contributed by atoms with Crippen LogP contribution in [0.3, 0.4) is 0 Å². The van der Waals surface area contributed by atoms with Gasteiger partial charge in [-0.05, 0) is 30.8 Å². The molecule has 1 unspecified atom stereocenters. The summed E-state index contributed by atoms with van der Waals surface area (Å²) in [5, 5.41) is 0. The summed E-state index contributed by atoms with van der Waals surface area (Å²) in [6, 6.07) is 0.547. The summed E-state index contributed by atoms with van der Waals surface area (Å²) in [6.07, 6.45) is 7.93. The molecule has 68 valence electrons. The van der Waals surface area contributed by atoms with E-state index in [0.29, 0.717) is 12.0 Å². The van der Waals surface area contributed by atoms with Gasteiger partial charge in [0.15, 0.2) is 0 Å². The second-order valence-corrected chi connectivity index (χ2v) is 3.80. The molecule has 0 aliphatic carbocycles. The van der Waals surface area contributed by atoms with Gasteiger partial charge in [-0.3, -0.25) is 4.99 Å². The fraction of sp³-hybridized carbons (Fsp3) is 0.727. The summed E-state index contributed by atoms with van der Waals surface area (Å²) in [7, 11) is 0. The van der Waals surface area contributed by atoms with Crippen molar-refractivity contribution in [2.24, 2.45) is 10.9 Å². The molecule has 12 heavy (non-hydrogen) atoms. The van der Waals surface area contributed by atoms with E-state index in [9.17, 15) is 0 Å². The van der Waals surface area contributed by atoms with Gasteiger partial charge >= 0.3 is 0 Å². The van der Waals surface area contributed by atoms with E-state index < -0.39 is 0 Å².